The standard InChI is InChI=1S/C18H20N4O/c1-14-19-20-18-13-21(8-9-22(14)18)10-11-23-17-7-6-15-4-2-3-5-16(15)12-17/h2-7,12H,8-11,13H2,1H3. The van der Waals surface area contributed by atoms with E-state index >= 15 is 0 Å². The Morgan fingerprint density at radius 2 is 1.91 bits per heavy atom. The molecule has 1 aliphatic rings. The van der Waals surface area contributed by atoms with E-state index in [9.17, 15) is 0 Å². The molecule has 118 valence electrons. The minimum Gasteiger partial charge on any atom is -0.492 e. The highest BCUT2D eigenvalue weighted by Gasteiger charge is 2.19. The van der Waals surface area contributed by atoms with E-state index in [1.165, 1.54) is 10.8 Å². The molecule has 23 heavy (non-hydrogen) atoms. The van der Waals surface area contributed by atoms with Gasteiger partial charge in [0.2, 0.25) is 0 Å². The summed E-state index contributed by atoms with van der Waals surface area (Å²) >= 11 is 0. The Labute approximate surface area is 135 Å². The van der Waals surface area contributed by atoms with Crippen molar-refractivity contribution < 1.29 is 4.74 Å². The molecule has 0 amide bonds. The Hall–Kier alpha value is -2.40. The molecular weight excluding hydrogens is 288 g/mol. The lowest BCUT2D eigenvalue weighted by Gasteiger charge is -2.27. The molecule has 5 heteroatoms. The zero-order valence-electron chi connectivity index (χ0n) is 13.3. The Balaban J connectivity index is 1.34. The zero-order chi connectivity index (χ0) is 15.6. The summed E-state index contributed by atoms with van der Waals surface area (Å²) in [5.74, 6) is 2.99. The first-order valence-corrected chi connectivity index (χ1v) is 8.02. The first-order chi connectivity index (χ1) is 11.3. The molecule has 0 spiro atoms. The topological polar surface area (TPSA) is 43.2 Å². The largest absolute Gasteiger partial charge is 0.492 e. The third kappa shape index (κ3) is 2.92. The van der Waals surface area contributed by atoms with Crippen LogP contribution in [0.4, 0.5) is 0 Å². The van der Waals surface area contributed by atoms with Gasteiger partial charge in [0, 0.05) is 19.6 Å². The van der Waals surface area contributed by atoms with Gasteiger partial charge in [-0.1, -0.05) is 30.3 Å². The van der Waals surface area contributed by atoms with Crippen molar-refractivity contribution in [1.29, 1.82) is 0 Å². The number of nitrogens with zero attached hydrogens (tertiary/aromatic N) is 4. The van der Waals surface area contributed by atoms with Gasteiger partial charge in [0.1, 0.15) is 24.0 Å². The fourth-order valence-electron chi connectivity index (χ4n) is 3.09. The van der Waals surface area contributed by atoms with Crippen LogP contribution in [0.1, 0.15) is 11.6 Å². The molecule has 3 aromatic rings. The Kier molecular flexibility index (Phi) is 3.71. The Bertz CT molecular complexity index is 827. The maximum atomic E-state index is 5.93. The van der Waals surface area contributed by atoms with Crippen molar-refractivity contribution in [3.63, 3.8) is 0 Å². The summed E-state index contributed by atoms with van der Waals surface area (Å²) in [5.41, 5.74) is 0. The smallest absolute Gasteiger partial charge is 0.147 e. The van der Waals surface area contributed by atoms with Crippen LogP contribution in [0, 0.1) is 6.92 Å². The molecule has 0 bridgehead atoms. The number of ether oxygens (including phenoxy) is 1. The number of hydrogen-bond acceptors (Lipinski definition) is 4. The van der Waals surface area contributed by atoms with Crippen molar-refractivity contribution >= 4 is 10.8 Å². The number of rotatable bonds is 4. The lowest BCUT2D eigenvalue weighted by atomic mass is 10.1. The van der Waals surface area contributed by atoms with Crippen molar-refractivity contribution in [1.82, 2.24) is 19.7 Å². The van der Waals surface area contributed by atoms with E-state index in [4.69, 9.17) is 4.74 Å². The van der Waals surface area contributed by atoms with Crippen molar-refractivity contribution in [2.45, 2.75) is 20.0 Å². The van der Waals surface area contributed by atoms with Crippen LogP contribution in [-0.4, -0.2) is 39.4 Å². The van der Waals surface area contributed by atoms with E-state index in [-0.39, 0.29) is 0 Å². The Morgan fingerprint density at radius 3 is 2.83 bits per heavy atom. The Morgan fingerprint density at radius 1 is 1.04 bits per heavy atom. The van der Waals surface area contributed by atoms with E-state index in [0.29, 0.717) is 6.61 Å². The first kappa shape index (κ1) is 14.2. The van der Waals surface area contributed by atoms with E-state index in [2.05, 4.69) is 56.1 Å². The number of aromatic nitrogens is 3. The van der Waals surface area contributed by atoms with Crippen LogP contribution in [0.2, 0.25) is 0 Å². The van der Waals surface area contributed by atoms with Crippen LogP contribution >= 0.6 is 0 Å². The quantitative estimate of drug-likeness (QED) is 0.743. The molecular formula is C18H20N4O. The molecule has 1 aliphatic heterocycles. The van der Waals surface area contributed by atoms with Gasteiger partial charge in [0.05, 0.1) is 6.54 Å². The molecule has 0 radical (unpaired) electrons. The summed E-state index contributed by atoms with van der Waals surface area (Å²) in [6.07, 6.45) is 0. The highest BCUT2D eigenvalue weighted by atomic mass is 16.5. The molecule has 2 heterocycles. The zero-order valence-corrected chi connectivity index (χ0v) is 13.3. The third-order valence-electron chi connectivity index (χ3n) is 4.41. The van der Waals surface area contributed by atoms with Crippen LogP contribution in [0.3, 0.4) is 0 Å². The molecule has 0 unspecified atom stereocenters. The highest BCUT2D eigenvalue weighted by molar-refractivity contribution is 5.83. The van der Waals surface area contributed by atoms with Gasteiger partial charge in [-0.25, -0.2) is 0 Å². The average Bonchev–Trinajstić information content (AvgIpc) is 2.95. The van der Waals surface area contributed by atoms with Gasteiger partial charge in [-0.05, 0) is 29.8 Å². The second-order valence-corrected chi connectivity index (χ2v) is 5.95. The number of benzene rings is 2. The molecule has 0 saturated heterocycles. The van der Waals surface area contributed by atoms with Gasteiger partial charge in [-0.3, -0.25) is 4.90 Å². The highest BCUT2D eigenvalue weighted by Crippen LogP contribution is 2.20. The minimum atomic E-state index is 0.686. The molecule has 0 atom stereocenters. The normalized spacial score (nSPS) is 14.8. The van der Waals surface area contributed by atoms with Crippen LogP contribution in [0.15, 0.2) is 42.5 Å². The molecule has 0 fully saturated rings. The van der Waals surface area contributed by atoms with Crippen LogP contribution < -0.4 is 4.74 Å². The summed E-state index contributed by atoms with van der Waals surface area (Å²) in [6, 6.07) is 14.6. The maximum absolute atomic E-state index is 5.93. The van der Waals surface area contributed by atoms with E-state index in [1.54, 1.807) is 0 Å². The molecule has 0 saturated carbocycles. The summed E-state index contributed by atoms with van der Waals surface area (Å²) in [7, 11) is 0. The van der Waals surface area contributed by atoms with Gasteiger partial charge in [-0.2, -0.15) is 0 Å². The van der Waals surface area contributed by atoms with E-state index < -0.39 is 0 Å². The number of hydrogen-bond donors (Lipinski definition) is 0. The molecule has 0 N–H and O–H groups in total. The van der Waals surface area contributed by atoms with Gasteiger partial charge in [0.25, 0.3) is 0 Å². The van der Waals surface area contributed by atoms with Crippen LogP contribution in [-0.2, 0) is 13.1 Å². The van der Waals surface area contributed by atoms with Gasteiger partial charge in [-0.15, -0.1) is 10.2 Å². The SMILES string of the molecule is Cc1nnc2n1CCN(CCOc1ccc3ccccc3c1)C2. The molecule has 5 nitrogen and oxygen atoms in total. The lowest BCUT2D eigenvalue weighted by molar-refractivity contribution is 0.174. The van der Waals surface area contributed by atoms with Crippen molar-refractivity contribution in [2.75, 3.05) is 19.7 Å². The van der Waals surface area contributed by atoms with Crippen LogP contribution in [0.25, 0.3) is 10.8 Å². The van der Waals surface area contributed by atoms with E-state index in [0.717, 1.165) is 43.6 Å². The molecule has 4 rings (SSSR count). The summed E-state index contributed by atoms with van der Waals surface area (Å²) in [5, 5.41) is 10.8. The fourth-order valence-corrected chi connectivity index (χ4v) is 3.09. The molecule has 2 aromatic carbocycles. The summed E-state index contributed by atoms with van der Waals surface area (Å²) in [6.45, 7) is 6.43. The fraction of sp³-hybridized carbons (Fsp3) is 0.333. The summed E-state index contributed by atoms with van der Waals surface area (Å²) < 4.78 is 8.12. The van der Waals surface area contributed by atoms with Gasteiger partial charge in [0.15, 0.2) is 0 Å². The van der Waals surface area contributed by atoms with Crippen LogP contribution in [0.5, 0.6) is 5.75 Å². The van der Waals surface area contributed by atoms with Crippen molar-refractivity contribution in [3.8, 4) is 5.75 Å². The molecule has 1 aromatic heterocycles. The average molecular weight is 308 g/mol. The number of aryl methyl sites for hydroxylation is 1. The van der Waals surface area contributed by atoms with E-state index in [1.807, 2.05) is 13.0 Å². The lowest BCUT2D eigenvalue weighted by Crippen LogP contribution is -2.36. The third-order valence-corrected chi connectivity index (χ3v) is 4.41. The minimum absolute atomic E-state index is 0.686. The maximum Gasteiger partial charge on any atom is 0.147 e. The first-order valence-electron chi connectivity index (χ1n) is 8.02. The predicted molar refractivity (Wildman–Crippen MR) is 89.5 cm³/mol. The van der Waals surface area contributed by atoms with Crippen molar-refractivity contribution in [2.24, 2.45) is 0 Å². The summed E-state index contributed by atoms with van der Waals surface area (Å²) in [4.78, 5) is 2.37. The molecule has 0 aliphatic carbocycles. The monoisotopic (exact) mass is 308 g/mol. The predicted octanol–water partition coefficient (Wildman–Crippen LogP) is 2.63. The number of fused-ring (bicyclic) bond motifs is 2. The second-order valence-electron chi connectivity index (χ2n) is 5.95. The van der Waals surface area contributed by atoms with Crippen molar-refractivity contribution in [3.05, 3.63) is 54.1 Å². The van der Waals surface area contributed by atoms with Gasteiger partial charge >= 0.3 is 0 Å². The van der Waals surface area contributed by atoms with Gasteiger partial charge < -0.3 is 9.30 Å². The second kappa shape index (κ2) is 6.01.